The molecule has 154 valence electrons. The number of rotatable bonds is 4. The summed E-state index contributed by atoms with van der Waals surface area (Å²) in [6.45, 7) is 3.10. The molecule has 2 heterocycles. The average Bonchev–Trinajstić information content (AvgIpc) is 2.72. The Balaban J connectivity index is 1.88. The summed E-state index contributed by atoms with van der Waals surface area (Å²) in [6.07, 6.45) is -3.79. The van der Waals surface area contributed by atoms with Gasteiger partial charge in [-0.25, -0.2) is 4.79 Å². The van der Waals surface area contributed by atoms with Gasteiger partial charge in [-0.1, -0.05) is 16.8 Å². The molecule has 1 aliphatic heterocycles. The normalized spacial score (nSPS) is 15.3. The fourth-order valence-electron chi connectivity index (χ4n) is 2.72. The van der Waals surface area contributed by atoms with E-state index in [1.807, 2.05) is 0 Å². The molecular weight excluding hydrogens is 411 g/mol. The number of benzene rings is 1. The van der Waals surface area contributed by atoms with Crippen LogP contribution in [0.1, 0.15) is 28.5 Å². The van der Waals surface area contributed by atoms with Gasteiger partial charge in [-0.15, -0.1) is 0 Å². The number of nitrogens with zero attached hydrogens (tertiary/aromatic N) is 3. The van der Waals surface area contributed by atoms with Crippen LogP contribution < -0.4 is 4.90 Å². The highest BCUT2D eigenvalue weighted by Crippen LogP contribution is 2.33. The number of carbonyl (C=O) groups excluding carboxylic acids is 1. The summed E-state index contributed by atoms with van der Waals surface area (Å²) in [5, 5.41) is 4.24. The van der Waals surface area contributed by atoms with Crippen LogP contribution in [0.15, 0.2) is 41.7 Å². The maximum absolute atomic E-state index is 13.1. The lowest BCUT2D eigenvalue weighted by atomic mass is 10.1. The predicted octanol–water partition coefficient (Wildman–Crippen LogP) is 4.17. The van der Waals surface area contributed by atoms with Crippen molar-refractivity contribution >= 4 is 29.0 Å². The average molecular weight is 428 g/mol. The lowest BCUT2D eigenvalue weighted by Gasteiger charge is -2.30. The number of hydrogen-bond acceptors (Lipinski definition) is 6. The number of oxime groups is 1. The Morgan fingerprint density at radius 1 is 1.24 bits per heavy atom. The van der Waals surface area contributed by atoms with Gasteiger partial charge in [0.1, 0.15) is 11.4 Å². The third-order valence-corrected chi connectivity index (χ3v) is 4.49. The van der Waals surface area contributed by atoms with Gasteiger partial charge in [0.15, 0.2) is 0 Å². The molecular formula is C19H17ClF3N3O3. The van der Waals surface area contributed by atoms with Crippen LogP contribution in [-0.2, 0) is 15.8 Å². The number of alkyl halides is 3. The van der Waals surface area contributed by atoms with Crippen LogP contribution in [-0.4, -0.2) is 43.0 Å². The number of carbonyl (C=O) groups is 1. The lowest BCUT2D eigenvalue weighted by Crippen LogP contribution is -2.37. The number of morpholine rings is 1. The van der Waals surface area contributed by atoms with Crippen molar-refractivity contribution in [2.45, 2.75) is 13.1 Å². The number of ether oxygens (including phenoxy) is 1. The first-order chi connectivity index (χ1) is 13.8. The van der Waals surface area contributed by atoms with Crippen molar-refractivity contribution in [3.63, 3.8) is 0 Å². The molecule has 29 heavy (non-hydrogen) atoms. The SMILES string of the molecule is C/C(=N\OC(=O)c1ccc(Cl)cc1)c1ncc(C(F)(F)F)cc1N1CCOCC1. The summed E-state index contributed by atoms with van der Waals surface area (Å²) in [5.41, 5.74) is -0.00770. The summed E-state index contributed by atoms with van der Waals surface area (Å²) in [7, 11) is 0. The van der Waals surface area contributed by atoms with Gasteiger partial charge in [-0.3, -0.25) is 4.98 Å². The molecule has 0 spiro atoms. The van der Waals surface area contributed by atoms with Crippen LogP contribution in [0.2, 0.25) is 5.02 Å². The molecule has 0 amide bonds. The third kappa shape index (κ3) is 5.24. The molecule has 1 saturated heterocycles. The van der Waals surface area contributed by atoms with E-state index in [2.05, 4.69) is 10.1 Å². The first-order valence-corrected chi connectivity index (χ1v) is 9.05. The Kier molecular flexibility index (Phi) is 6.39. The van der Waals surface area contributed by atoms with Crippen molar-refractivity contribution in [2.24, 2.45) is 5.16 Å². The van der Waals surface area contributed by atoms with E-state index in [0.717, 1.165) is 12.3 Å². The van der Waals surface area contributed by atoms with E-state index in [1.54, 1.807) is 4.90 Å². The van der Waals surface area contributed by atoms with Gasteiger partial charge in [0.25, 0.3) is 0 Å². The monoisotopic (exact) mass is 427 g/mol. The molecule has 2 aromatic rings. The molecule has 0 radical (unpaired) electrons. The molecule has 3 rings (SSSR count). The molecule has 1 aliphatic rings. The van der Waals surface area contributed by atoms with Crippen molar-refractivity contribution in [2.75, 3.05) is 31.2 Å². The topological polar surface area (TPSA) is 64.0 Å². The minimum atomic E-state index is -4.53. The maximum Gasteiger partial charge on any atom is 0.417 e. The minimum Gasteiger partial charge on any atom is -0.378 e. The summed E-state index contributed by atoms with van der Waals surface area (Å²) >= 11 is 5.78. The standard InChI is InChI=1S/C19H17ClF3N3O3/c1-12(25-29-18(27)13-2-4-15(20)5-3-13)17-16(26-6-8-28-9-7-26)10-14(11-24-17)19(21,22)23/h2-5,10-11H,6-9H2,1H3/b25-12+. The van der Waals surface area contributed by atoms with Gasteiger partial charge in [-0.2, -0.15) is 13.2 Å². The molecule has 1 fully saturated rings. The van der Waals surface area contributed by atoms with Crippen molar-refractivity contribution in [3.05, 3.63) is 58.4 Å². The number of pyridine rings is 1. The molecule has 0 atom stereocenters. The minimum absolute atomic E-state index is 0.169. The molecule has 0 N–H and O–H groups in total. The second-order valence-corrected chi connectivity index (χ2v) is 6.69. The molecule has 0 bridgehead atoms. The quantitative estimate of drug-likeness (QED) is 0.416. The smallest absolute Gasteiger partial charge is 0.378 e. The first-order valence-electron chi connectivity index (χ1n) is 8.67. The number of hydrogen-bond donors (Lipinski definition) is 0. The van der Waals surface area contributed by atoms with Crippen molar-refractivity contribution in [1.29, 1.82) is 0 Å². The summed E-state index contributed by atoms with van der Waals surface area (Å²) in [6, 6.07) is 7.04. The van der Waals surface area contributed by atoms with Gasteiger partial charge in [0.05, 0.1) is 30.0 Å². The van der Waals surface area contributed by atoms with Gasteiger partial charge >= 0.3 is 12.1 Å². The van der Waals surface area contributed by atoms with Crippen LogP contribution in [0.5, 0.6) is 0 Å². The van der Waals surface area contributed by atoms with E-state index in [9.17, 15) is 18.0 Å². The van der Waals surface area contributed by atoms with Crippen LogP contribution in [0.3, 0.4) is 0 Å². The highest BCUT2D eigenvalue weighted by molar-refractivity contribution is 6.30. The fraction of sp³-hybridized carbons (Fsp3) is 0.316. The Hall–Kier alpha value is -2.65. The molecule has 0 unspecified atom stereocenters. The number of halogens is 4. The van der Waals surface area contributed by atoms with E-state index in [-0.39, 0.29) is 22.7 Å². The Bertz CT molecular complexity index is 911. The lowest BCUT2D eigenvalue weighted by molar-refractivity contribution is -0.137. The zero-order valence-electron chi connectivity index (χ0n) is 15.4. The van der Waals surface area contributed by atoms with Crippen LogP contribution >= 0.6 is 11.6 Å². The maximum atomic E-state index is 13.1. The Morgan fingerprint density at radius 2 is 1.90 bits per heavy atom. The zero-order chi connectivity index (χ0) is 21.0. The van der Waals surface area contributed by atoms with E-state index >= 15 is 0 Å². The first kappa shape index (κ1) is 21.1. The van der Waals surface area contributed by atoms with Crippen molar-refractivity contribution in [3.8, 4) is 0 Å². The van der Waals surface area contributed by atoms with Crippen LogP contribution in [0.25, 0.3) is 0 Å². The molecule has 0 aliphatic carbocycles. The fourth-order valence-corrected chi connectivity index (χ4v) is 2.85. The highest BCUT2D eigenvalue weighted by atomic mass is 35.5. The highest BCUT2D eigenvalue weighted by Gasteiger charge is 2.33. The molecule has 1 aromatic heterocycles. The van der Waals surface area contributed by atoms with Gasteiger partial charge in [-0.05, 0) is 37.3 Å². The molecule has 6 nitrogen and oxygen atoms in total. The van der Waals surface area contributed by atoms with Crippen molar-refractivity contribution < 1.29 is 27.5 Å². The van der Waals surface area contributed by atoms with E-state index in [0.29, 0.717) is 31.3 Å². The molecule has 10 heteroatoms. The van der Waals surface area contributed by atoms with Crippen LogP contribution in [0, 0.1) is 0 Å². The van der Waals surface area contributed by atoms with Gasteiger partial charge in [0, 0.05) is 24.3 Å². The molecule has 0 saturated carbocycles. The van der Waals surface area contributed by atoms with Gasteiger partial charge < -0.3 is 14.5 Å². The van der Waals surface area contributed by atoms with Gasteiger partial charge in [0.2, 0.25) is 0 Å². The van der Waals surface area contributed by atoms with Crippen LogP contribution in [0.4, 0.5) is 18.9 Å². The third-order valence-electron chi connectivity index (χ3n) is 4.23. The van der Waals surface area contributed by atoms with E-state index in [1.165, 1.54) is 31.2 Å². The second kappa shape index (κ2) is 8.79. The predicted molar refractivity (Wildman–Crippen MR) is 101 cm³/mol. The summed E-state index contributed by atoms with van der Waals surface area (Å²) in [5.74, 6) is -0.721. The van der Waals surface area contributed by atoms with E-state index in [4.69, 9.17) is 21.2 Å². The van der Waals surface area contributed by atoms with E-state index < -0.39 is 17.7 Å². The number of aromatic nitrogens is 1. The zero-order valence-corrected chi connectivity index (χ0v) is 16.1. The Morgan fingerprint density at radius 3 is 2.52 bits per heavy atom. The summed E-state index contributed by atoms with van der Waals surface area (Å²) < 4.78 is 44.7. The molecule has 1 aromatic carbocycles. The Labute approximate surface area is 169 Å². The van der Waals surface area contributed by atoms with Crippen molar-refractivity contribution in [1.82, 2.24) is 4.98 Å². The second-order valence-electron chi connectivity index (χ2n) is 6.25. The number of anilines is 1. The summed E-state index contributed by atoms with van der Waals surface area (Å²) in [4.78, 5) is 22.7. The largest absolute Gasteiger partial charge is 0.417 e.